The fraction of sp³-hybridized carbons (Fsp3) is 0.941. The van der Waals surface area contributed by atoms with Gasteiger partial charge in [0, 0.05) is 44.8 Å². The first-order valence-electron chi connectivity index (χ1n) is 8.98. The van der Waals surface area contributed by atoms with E-state index >= 15 is 0 Å². The van der Waals surface area contributed by atoms with E-state index in [9.17, 15) is 0 Å². The Kier molecular flexibility index (Phi) is 9.15. The van der Waals surface area contributed by atoms with Crippen LogP contribution in [-0.2, 0) is 0 Å². The Bertz CT molecular complexity index is 366. The molecule has 2 aliphatic rings. The van der Waals surface area contributed by atoms with Gasteiger partial charge in [0.15, 0.2) is 5.96 Å². The largest absolute Gasteiger partial charge is 0.357 e. The van der Waals surface area contributed by atoms with Crippen molar-refractivity contribution in [3.63, 3.8) is 0 Å². The van der Waals surface area contributed by atoms with Crippen LogP contribution in [0.3, 0.4) is 0 Å². The maximum absolute atomic E-state index is 4.88. The van der Waals surface area contributed by atoms with Crippen molar-refractivity contribution >= 4 is 29.9 Å². The van der Waals surface area contributed by atoms with Crippen molar-refractivity contribution < 1.29 is 0 Å². The lowest BCUT2D eigenvalue weighted by Gasteiger charge is -2.39. The highest BCUT2D eigenvalue weighted by atomic mass is 127. The Labute approximate surface area is 159 Å². The summed E-state index contributed by atoms with van der Waals surface area (Å²) in [5, 5.41) is 6.95. The number of guanidine groups is 1. The molecule has 0 aromatic carbocycles. The van der Waals surface area contributed by atoms with Gasteiger partial charge in [0.2, 0.25) is 0 Å². The molecule has 3 atom stereocenters. The van der Waals surface area contributed by atoms with E-state index in [2.05, 4.69) is 55.2 Å². The number of halogens is 1. The van der Waals surface area contributed by atoms with Crippen molar-refractivity contribution in [2.45, 2.75) is 46.2 Å². The third kappa shape index (κ3) is 6.74. The Balaban J connectivity index is 0.00000264. The summed E-state index contributed by atoms with van der Waals surface area (Å²) >= 11 is 0. The number of aliphatic imine (C=N–C) groups is 1. The minimum atomic E-state index is 0. The molecule has 1 aliphatic heterocycles. The van der Waals surface area contributed by atoms with Gasteiger partial charge >= 0.3 is 0 Å². The molecule has 3 unspecified atom stereocenters. The van der Waals surface area contributed by atoms with E-state index in [0.29, 0.717) is 18.0 Å². The average Bonchev–Trinajstić information content (AvgIpc) is 3.16. The van der Waals surface area contributed by atoms with Gasteiger partial charge in [0.25, 0.3) is 0 Å². The number of likely N-dealkylation sites (N-methyl/N-ethyl adjacent to an activating group) is 1. The standard InChI is InChI=1S/C17H35N5.HI/c1-6-18-17(20-15-11-14(15)4)19-12-16(13(2)3)22-9-7-21(5)8-10-22;/h13-16H,6-12H2,1-5H3,(H2,18,19,20);1H. The molecular formula is C17H36IN5. The fourth-order valence-corrected chi connectivity index (χ4v) is 3.11. The second-order valence-electron chi connectivity index (χ2n) is 7.33. The van der Waals surface area contributed by atoms with Gasteiger partial charge in [-0.15, -0.1) is 24.0 Å². The molecule has 1 saturated heterocycles. The summed E-state index contributed by atoms with van der Waals surface area (Å²) in [5.41, 5.74) is 0. The van der Waals surface area contributed by atoms with Crippen molar-refractivity contribution in [3.8, 4) is 0 Å². The first kappa shape index (κ1) is 21.0. The van der Waals surface area contributed by atoms with Crippen molar-refractivity contribution in [3.05, 3.63) is 0 Å². The second kappa shape index (κ2) is 10.0. The molecule has 1 saturated carbocycles. The lowest BCUT2D eigenvalue weighted by molar-refractivity contribution is 0.0925. The predicted octanol–water partition coefficient (Wildman–Crippen LogP) is 1.84. The van der Waals surface area contributed by atoms with E-state index in [1.807, 2.05) is 0 Å². The van der Waals surface area contributed by atoms with Gasteiger partial charge in [-0.1, -0.05) is 20.8 Å². The summed E-state index contributed by atoms with van der Waals surface area (Å²) in [6.45, 7) is 15.6. The predicted molar refractivity (Wildman–Crippen MR) is 110 cm³/mol. The van der Waals surface area contributed by atoms with Gasteiger partial charge in [-0.2, -0.15) is 0 Å². The van der Waals surface area contributed by atoms with E-state index in [0.717, 1.165) is 25.0 Å². The van der Waals surface area contributed by atoms with Crippen LogP contribution < -0.4 is 10.6 Å². The van der Waals surface area contributed by atoms with Crippen LogP contribution in [-0.4, -0.2) is 74.2 Å². The van der Waals surface area contributed by atoms with Crippen LogP contribution in [0.2, 0.25) is 0 Å². The van der Waals surface area contributed by atoms with Gasteiger partial charge in [0.1, 0.15) is 0 Å². The summed E-state index contributed by atoms with van der Waals surface area (Å²) in [4.78, 5) is 9.92. The summed E-state index contributed by atoms with van der Waals surface area (Å²) in [6.07, 6.45) is 1.27. The smallest absolute Gasteiger partial charge is 0.191 e. The van der Waals surface area contributed by atoms with Gasteiger partial charge in [-0.3, -0.25) is 9.89 Å². The van der Waals surface area contributed by atoms with E-state index in [-0.39, 0.29) is 24.0 Å². The Morgan fingerprint density at radius 1 is 1.22 bits per heavy atom. The van der Waals surface area contributed by atoms with Gasteiger partial charge < -0.3 is 15.5 Å². The molecule has 1 heterocycles. The normalized spacial score (nSPS) is 27.5. The lowest BCUT2D eigenvalue weighted by atomic mass is 10.0. The average molecular weight is 437 g/mol. The molecule has 0 bridgehead atoms. The molecule has 2 fully saturated rings. The number of hydrogen-bond acceptors (Lipinski definition) is 3. The molecule has 0 aromatic rings. The van der Waals surface area contributed by atoms with Crippen molar-refractivity contribution in [1.82, 2.24) is 20.4 Å². The molecule has 2 N–H and O–H groups in total. The van der Waals surface area contributed by atoms with E-state index in [1.54, 1.807) is 0 Å². The van der Waals surface area contributed by atoms with Crippen LogP contribution in [0.15, 0.2) is 4.99 Å². The molecule has 0 radical (unpaired) electrons. The SMILES string of the molecule is CCNC(=NCC(C(C)C)N1CCN(C)CC1)NC1CC1C.I. The molecule has 0 aromatic heterocycles. The van der Waals surface area contributed by atoms with Crippen molar-refractivity contribution in [2.75, 3.05) is 46.3 Å². The Morgan fingerprint density at radius 2 is 1.83 bits per heavy atom. The molecule has 136 valence electrons. The molecule has 23 heavy (non-hydrogen) atoms. The molecule has 6 heteroatoms. The third-order valence-electron chi connectivity index (χ3n) is 4.99. The van der Waals surface area contributed by atoms with Gasteiger partial charge in [0.05, 0.1) is 6.54 Å². The van der Waals surface area contributed by atoms with Crippen LogP contribution in [0.1, 0.15) is 34.1 Å². The summed E-state index contributed by atoms with van der Waals surface area (Å²) < 4.78 is 0. The van der Waals surface area contributed by atoms with E-state index in [1.165, 1.54) is 32.6 Å². The maximum Gasteiger partial charge on any atom is 0.191 e. The number of nitrogens with one attached hydrogen (secondary N) is 2. The first-order chi connectivity index (χ1) is 10.5. The highest BCUT2D eigenvalue weighted by Crippen LogP contribution is 2.28. The highest BCUT2D eigenvalue weighted by Gasteiger charge is 2.33. The summed E-state index contributed by atoms with van der Waals surface area (Å²) in [6, 6.07) is 1.17. The van der Waals surface area contributed by atoms with E-state index in [4.69, 9.17) is 4.99 Å². The second-order valence-corrected chi connectivity index (χ2v) is 7.33. The molecule has 0 spiro atoms. The first-order valence-corrected chi connectivity index (χ1v) is 8.98. The van der Waals surface area contributed by atoms with Crippen LogP contribution in [0.25, 0.3) is 0 Å². The zero-order chi connectivity index (χ0) is 16.1. The quantitative estimate of drug-likeness (QED) is 0.378. The molecule has 2 rings (SSSR count). The van der Waals surface area contributed by atoms with Crippen molar-refractivity contribution in [2.24, 2.45) is 16.8 Å². The monoisotopic (exact) mass is 437 g/mol. The Hall–Kier alpha value is -0.0800. The van der Waals surface area contributed by atoms with Crippen LogP contribution in [0, 0.1) is 11.8 Å². The molecular weight excluding hydrogens is 401 g/mol. The lowest BCUT2D eigenvalue weighted by Crippen LogP contribution is -2.52. The number of hydrogen-bond donors (Lipinski definition) is 2. The van der Waals surface area contributed by atoms with Crippen LogP contribution in [0.4, 0.5) is 0 Å². The van der Waals surface area contributed by atoms with Crippen LogP contribution in [0.5, 0.6) is 0 Å². The number of rotatable bonds is 6. The molecule has 1 aliphatic carbocycles. The van der Waals surface area contributed by atoms with E-state index < -0.39 is 0 Å². The third-order valence-corrected chi connectivity index (χ3v) is 4.99. The number of nitrogens with zero attached hydrogens (tertiary/aromatic N) is 3. The Morgan fingerprint density at radius 3 is 2.30 bits per heavy atom. The minimum absolute atomic E-state index is 0. The molecule has 5 nitrogen and oxygen atoms in total. The fourth-order valence-electron chi connectivity index (χ4n) is 3.11. The van der Waals surface area contributed by atoms with Gasteiger partial charge in [-0.25, -0.2) is 0 Å². The summed E-state index contributed by atoms with van der Waals surface area (Å²) in [5.74, 6) is 2.42. The van der Waals surface area contributed by atoms with Crippen molar-refractivity contribution in [1.29, 1.82) is 0 Å². The highest BCUT2D eigenvalue weighted by molar-refractivity contribution is 14.0. The minimum Gasteiger partial charge on any atom is -0.357 e. The number of piperazine rings is 1. The molecule has 0 amide bonds. The zero-order valence-corrected chi connectivity index (χ0v) is 17.8. The summed E-state index contributed by atoms with van der Waals surface area (Å²) in [7, 11) is 2.21. The maximum atomic E-state index is 4.88. The van der Waals surface area contributed by atoms with Crippen LogP contribution >= 0.6 is 24.0 Å². The zero-order valence-electron chi connectivity index (χ0n) is 15.5. The topological polar surface area (TPSA) is 42.9 Å². The van der Waals surface area contributed by atoms with Gasteiger partial charge in [-0.05, 0) is 32.2 Å².